The van der Waals surface area contributed by atoms with E-state index in [2.05, 4.69) is 15.5 Å². The molecular weight excluding hydrogens is 328 g/mol. The minimum Gasteiger partial charge on any atom is -0.419 e. The van der Waals surface area contributed by atoms with Crippen molar-refractivity contribution in [1.29, 1.82) is 0 Å². The maximum absolute atomic E-state index is 13.0. The molecule has 0 fully saturated rings. The summed E-state index contributed by atoms with van der Waals surface area (Å²) < 4.78 is 18.5. The van der Waals surface area contributed by atoms with E-state index in [9.17, 15) is 4.39 Å². The fourth-order valence-corrected chi connectivity index (χ4v) is 2.29. The van der Waals surface area contributed by atoms with Crippen LogP contribution in [0.15, 0.2) is 46.9 Å². The van der Waals surface area contributed by atoms with Crippen LogP contribution in [-0.4, -0.2) is 10.2 Å². The molecule has 0 aliphatic rings. The van der Waals surface area contributed by atoms with Gasteiger partial charge in [-0.2, -0.15) is 0 Å². The van der Waals surface area contributed by atoms with Crippen LogP contribution in [0.2, 0.25) is 10.0 Å². The zero-order valence-corrected chi connectivity index (χ0v) is 12.7. The van der Waals surface area contributed by atoms with Crippen molar-refractivity contribution in [1.82, 2.24) is 10.2 Å². The van der Waals surface area contributed by atoms with Crippen molar-refractivity contribution < 1.29 is 8.81 Å². The lowest BCUT2D eigenvalue weighted by Gasteiger charge is -2.05. The smallest absolute Gasteiger partial charge is 0.247 e. The van der Waals surface area contributed by atoms with E-state index in [0.717, 1.165) is 5.56 Å². The quantitative estimate of drug-likeness (QED) is 0.743. The lowest BCUT2D eigenvalue weighted by atomic mass is 10.2. The van der Waals surface area contributed by atoms with E-state index < -0.39 is 5.82 Å². The van der Waals surface area contributed by atoms with Crippen LogP contribution in [-0.2, 0) is 6.54 Å². The lowest BCUT2D eigenvalue weighted by molar-refractivity contribution is 0.515. The van der Waals surface area contributed by atoms with E-state index in [4.69, 9.17) is 27.6 Å². The van der Waals surface area contributed by atoms with Crippen LogP contribution < -0.4 is 5.32 Å². The standard InChI is InChI=1S/C15H10Cl2FN3O/c16-10-3-1-2-9(6-10)15-21-20-14(22-15)8-19-13-5-4-11(18)7-12(13)17/h1-7,19H,8H2. The number of rotatable bonds is 4. The second-order valence-electron chi connectivity index (χ2n) is 4.49. The van der Waals surface area contributed by atoms with Crippen LogP contribution in [0.3, 0.4) is 0 Å². The molecule has 3 aromatic rings. The predicted molar refractivity (Wildman–Crippen MR) is 83.5 cm³/mol. The predicted octanol–water partition coefficient (Wildman–Crippen LogP) is 4.79. The first-order chi connectivity index (χ1) is 10.6. The number of halogens is 3. The van der Waals surface area contributed by atoms with Crippen LogP contribution >= 0.6 is 23.2 Å². The summed E-state index contributed by atoms with van der Waals surface area (Å²) in [6.45, 7) is 0.277. The molecule has 1 N–H and O–H groups in total. The second-order valence-corrected chi connectivity index (χ2v) is 5.33. The van der Waals surface area contributed by atoms with Gasteiger partial charge in [0.15, 0.2) is 0 Å². The minimum absolute atomic E-state index is 0.277. The van der Waals surface area contributed by atoms with Crippen LogP contribution in [0.4, 0.5) is 10.1 Å². The van der Waals surface area contributed by atoms with Crippen molar-refractivity contribution in [2.45, 2.75) is 6.54 Å². The number of nitrogens with zero attached hydrogens (tertiary/aromatic N) is 2. The van der Waals surface area contributed by atoms with Crippen molar-refractivity contribution in [2.75, 3.05) is 5.32 Å². The van der Waals surface area contributed by atoms with Crippen molar-refractivity contribution in [2.24, 2.45) is 0 Å². The Morgan fingerprint density at radius 2 is 1.95 bits per heavy atom. The van der Waals surface area contributed by atoms with Gasteiger partial charge in [-0.1, -0.05) is 29.3 Å². The highest BCUT2D eigenvalue weighted by Crippen LogP contribution is 2.24. The molecule has 1 heterocycles. The van der Waals surface area contributed by atoms with E-state index in [-0.39, 0.29) is 11.6 Å². The van der Waals surface area contributed by atoms with Gasteiger partial charge in [-0.25, -0.2) is 4.39 Å². The van der Waals surface area contributed by atoms with Gasteiger partial charge < -0.3 is 9.73 Å². The molecular formula is C15H10Cl2FN3O. The number of benzene rings is 2. The zero-order valence-electron chi connectivity index (χ0n) is 11.2. The highest BCUT2D eigenvalue weighted by atomic mass is 35.5. The Bertz CT molecular complexity index is 807. The molecule has 0 amide bonds. The SMILES string of the molecule is Fc1ccc(NCc2nnc(-c3cccc(Cl)c3)o2)c(Cl)c1. The summed E-state index contributed by atoms with van der Waals surface area (Å²) in [5.41, 5.74) is 1.33. The Labute approximate surface area is 135 Å². The van der Waals surface area contributed by atoms with Gasteiger partial charge in [0.2, 0.25) is 11.8 Å². The molecule has 3 rings (SSSR count). The maximum atomic E-state index is 13.0. The van der Waals surface area contributed by atoms with E-state index in [1.165, 1.54) is 12.1 Å². The third-order valence-corrected chi connectivity index (χ3v) is 3.45. The fraction of sp³-hybridized carbons (Fsp3) is 0.0667. The molecule has 0 bridgehead atoms. The fourth-order valence-electron chi connectivity index (χ4n) is 1.87. The Hall–Kier alpha value is -2.11. The number of aromatic nitrogens is 2. The summed E-state index contributed by atoms with van der Waals surface area (Å²) in [5.74, 6) is 0.372. The van der Waals surface area contributed by atoms with Crippen molar-refractivity contribution in [3.05, 3.63) is 64.2 Å². The van der Waals surface area contributed by atoms with Gasteiger partial charge in [-0.3, -0.25) is 0 Å². The molecule has 0 aliphatic heterocycles. The first-order valence-electron chi connectivity index (χ1n) is 6.39. The maximum Gasteiger partial charge on any atom is 0.247 e. The molecule has 1 aromatic heterocycles. The van der Waals surface area contributed by atoms with Gasteiger partial charge in [0.25, 0.3) is 0 Å². The molecule has 0 spiro atoms. The van der Waals surface area contributed by atoms with Crippen molar-refractivity contribution in [3.8, 4) is 11.5 Å². The average molecular weight is 338 g/mol. The highest BCUT2D eigenvalue weighted by Gasteiger charge is 2.09. The molecule has 22 heavy (non-hydrogen) atoms. The first kappa shape index (κ1) is 14.8. The second kappa shape index (κ2) is 6.34. The average Bonchev–Trinajstić information content (AvgIpc) is 2.95. The van der Waals surface area contributed by atoms with Gasteiger partial charge in [-0.15, -0.1) is 10.2 Å². The topological polar surface area (TPSA) is 51.0 Å². The van der Waals surface area contributed by atoms with Crippen LogP contribution in [0, 0.1) is 5.82 Å². The largest absolute Gasteiger partial charge is 0.419 e. The number of nitrogens with one attached hydrogen (secondary N) is 1. The Balaban J connectivity index is 1.72. The molecule has 7 heteroatoms. The first-order valence-corrected chi connectivity index (χ1v) is 7.14. The summed E-state index contributed by atoms with van der Waals surface area (Å²) in [7, 11) is 0. The molecule has 0 radical (unpaired) electrons. The molecule has 2 aromatic carbocycles. The summed E-state index contributed by atoms with van der Waals surface area (Å²) in [6, 6.07) is 11.2. The molecule has 112 valence electrons. The summed E-state index contributed by atoms with van der Waals surface area (Å²) >= 11 is 11.9. The lowest BCUT2D eigenvalue weighted by Crippen LogP contribution is -2.00. The molecule has 0 atom stereocenters. The summed E-state index contributed by atoms with van der Waals surface area (Å²) in [5, 5.41) is 11.8. The van der Waals surface area contributed by atoms with Gasteiger partial charge in [0.1, 0.15) is 5.82 Å². The van der Waals surface area contributed by atoms with Crippen molar-refractivity contribution in [3.63, 3.8) is 0 Å². The number of hydrogen-bond acceptors (Lipinski definition) is 4. The number of anilines is 1. The van der Waals surface area contributed by atoms with Gasteiger partial charge >= 0.3 is 0 Å². The molecule has 0 unspecified atom stereocenters. The van der Waals surface area contributed by atoms with Crippen molar-refractivity contribution >= 4 is 28.9 Å². The zero-order chi connectivity index (χ0) is 15.5. The monoisotopic (exact) mass is 337 g/mol. The summed E-state index contributed by atoms with van der Waals surface area (Å²) in [6.07, 6.45) is 0. The third kappa shape index (κ3) is 3.37. The van der Waals surface area contributed by atoms with Gasteiger partial charge in [-0.05, 0) is 36.4 Å². The minimum atomic E-state index is -0.392. The highest BCUT2D eigenvalue weighted by molar-refractivity contribution is 6.33. The molecule has 4 nitrogen and oxygen atoms in total. The van der Waals surface area contributed by atoms with Crippen LogP contribution in [0.1, 0.15) is 5.89 Å². The normalized spacial score (nSPS) is 10.7. The Kier molecular flexibility index (Phi) is 4.27. The van der Waals surface area contributed by atoms with E-state index >= 15 is 0 Å². The molecule has 0 saturated carbocycles. The van der Waals surface area contributed by atoms with E-state index in [1.54, 1.807) is 24.3 Å². The third-order valence-electron chi connectivity index (χ3n) is 2.90. The van der Waals surface area contributed by atoms with E-state index in [0.29, 0.717) is 22.5 Å². The van der Waals surface area contributed by atoms with Crippen LogP contribution in [0.5, 0.6) is 0 Å². The Morgan fingerprint density at radius 1 is 1.09 bits per heavy atom. The number of hydrogen-bond donors (Lipinski definition) is 1. The molecule has 0 aliphatic carbocycles. The van der Waals surface area contributed by atoms with Gasteiger partial charge in [0.05, 0.1) is 17.3 Å². The Morgan fingerprint density at radius 3 is 2.73 bits per heavy atom. The van der Waals surface area contributed by atoms with E-state index in [1.807, 2.05) is 6.07 Å². The summed E-state index contributed by atoms with van der Waals surface area (Å²) in [4.78, 5) is 0. The van der Waals surface area contributed by atoms with Gasteiger partial charge in [0, 0.05) is 10.6 Å². The molecule has 0 saturated heterocycles. The van der Waals surface area contributed by atoms with Crippen LogP contribution in [0.25, 0.3) is 11.5 Å².